The average Bonchev–Trinajstić information content (AvgIpc) is 3.48. The van der Waals surface area contributed by atoms with Gasteiger partial charge in [0, 0.05) is 43.5 Å². The van der Waals surface area contributed by atoms with E-state index in [-0.39, 0.29) is 29.2 Å². The quantitative estimate of drug-likeness (QED) is 0.514. The Bertz CT molecular complexity index is 1400. The first-order valence-electron chi connectivity index (χ1n) is 13.3. The van der Waals surface area contributed by atoms with Crippen LogP contribution in [0.2, 0.25) is 0 Å². The van der Waals surface area contributed by atoms with Gasteiger partial charge < -0.3 is 10.2 Å². The van der Waals surface area contributed by atoms with Gasteiger partial charge in [0.05, 0.1) is 17.9 Å². The van der Waals surface area contributed by atoms with Crippen LogP contribution in [0, 0.1) is 28.9 Å². The first kappa shape index (κ1) is 27.5. The topological polar surface area (TPSA) is 106 Å². The van der Waals surface area contributed by atoms with Crippen molar-refractivity contribution in [2.75, 3.05) is 37.8 Å². The van der Waals surface area contributed by atoms with Crippen LogP contribution in [0.5, 0.6) is 0 Å². The second kappa shape index (κ2) is 10.8. The predicted molar refractivity (Wildman–Crippen MR) is 143 cm³/mol. The lowest BCUT2D eigenvalue weighted by Crippen LogP contribution is -2.48. The normalized spacial score (nSPS) is 26.5. The van der Waals surface area contributed by atoms with Crippen LogP contribution in [-0.4, -0.2) is 68.8 Å². The summed E-state index contributed by atoms with van der Waals surface area (Å²) in [6.07, 6.45) is 5.37. The van der Waals surface area contributed by atoms with E-state index in [0.717, 1.165) is 50.6 Å². The van der Waals surface area contributed by atoms with Gasteiger partial charge in [-0.3, -0.25) is 4.90 Å². The number of hydrogen-bond acceptors (Lipinski definition) is 5. The number of urea groups is 1. The van der Waals surface area contributed by atoms with E-state index >= 15 is 0 Å². The number of likely N-dealkylation sites (tertiary alicyclic amines) is 1. The molecular weight excluding hydrogens is 524 g/mol. The highest BCUT2D eigenvalue weighted by atomic mass is 32.2. The molecule has 0 radical (unpaired) electrons. The van der Waals surface area contributed by atoms with E-state index in [9.17, 15) is 27.3 Å². The Morgan fingerprint density at radius 1 is 1.21 bits per heavy atom. The number of halogens is 2. The predicted octanol–water partition coefficient (Wildman–Crippen LogP) is 3.80. The smallest absolute Gasteiger partial charge is 0.320 e. The zero-order valence-corrected chi connectivity index (χ0v) is 22.7. The summed E-state index contributed by atoms with van der Waals surface area (Å²) in [6.45, 7) is 2.29. The van der Waals surface area contributed by atoms with Crippen molar-refractivity contribution >= 4 is 21.7 Å². The van der Waals surface area contributed by atoms with Crippen LogP contribution in [0.15, 0.2) is 42.5 Å². The molecule has 2 aromatic carbocycles. The van der Waals surface area contributed by atoms with Crippen molar-refractivity contribution in [3.05, 3.63) is 65.2 Å². The molecule has 2 saturated carbocycles. The zero-order chi connectivity index (χ0) is 27.8. The highest BCUT2D eigenvalue weighted by molar-refractivity contribution is 7.88. The maximum Gasteiger partial charge on any atom is 0.322 e. The fourth-order valence-corrected chi connectivity index (χ4v) is 7.25. The average molecular weight is 558 g/mol. The lowest BCUT2D eigenvalue weighted by atomic mass is 9.80. The van der Waals surface area contributed by atoms with Gasteiger partial charge in [0.1, 0.15) is 0 Å². The van der Waals surface area contributed by atoms with Gasteiger partial charge in [-0.2, -0.15) is 5.26 Å². The number of hydrogen-bond donors (Lipinski definition) is 2. The molecule has 3 aliphatic rings. The molecule has 2 unspecified atom stereocenters. The Balaban J connectivity index is 1.28. The van der Waals surface area contributed by atoms with Crippen LogP contribution in [0.4, 0.5) is 19.3 Å². The molecule has 11 heteroatoms. The molecule has 5 rings (SSSR count). The van der Waals surface area contributed by atoms with Crippen LogP contribution in [0.25, 0.3) is 0 Å². The number of nitrogens with one attached hydrogen (secondary N) is 2. The van der Waals surface area contributed by atoms with Crippen molar-refractivity contribution in [1.82, 2.24) is 14.5 Å². The van der Waals surface area contributed by atoms with Gasteiger partial charge in [0.25, 0.3) is 0 Å². The molecule has 2 aliphatic carbocycles. The maximum atomic E-state index is 13.8. The largest absolute Gasteiger partial charge is 0.322 e. The highest BCUT2D eigenvalue weighted by Crippen LogP contribution is 2.62. The number of carbonyl (C=O) groups is 1. The van der Waals surface area contributed by atoms with Crippen molar-refractivity contribution in [2.45, 2.75) is 49.6 Å². The van der Waals surface area contributed by atoms with Crippen LogP contribution in [0.3, 0.4) is 0 Å². The number of sulfonamides is 1. The fraction of sp³-hybridized carbons (Fsp3) is 0.500. The maximum absolute atomic E-state index is 13.8. The number of nitrogens with zero attached hydrogens (tertiary/aromatic N) is 3. The molecule has 39 heavy (non-hydrogen) atoms. The molecular formula is C28H33F2N5O3S. The summed E-state index contributed by atoms with van der Waals surface area (Å²) < 4.78 is 53.1. The summed E-state index contributed by atoms with van der Waals surface area (Å²) in [7, 11) is -3.30. The third-order valence-electron chi connectivity index (χ3n) is 8.46. The van der Waals surface area contributed by atoms with E-state index in [0.29, 0.717) is 37.5 Å². The first-order chi connectivity index (χ1) is 18.6. The second-order valence-corrected chi connectivity index (χ2v) is 12.9. The van der Waals surface area contributed by atoms with Gasteiger partial charge in [0.15, 0.2) is 11.6 Å². The van der Waals surface area contributed by atoms with Crippen LogP contribution >= 0.6 is 0 Å². The van der Waals surface area contributed by atoms with E-state index in [1.54, 1.807) is 4.90 Å². The van der Waals surface area contributed by atoms with E-state index in [1.807, 2.05) is 18.2 Å². The monoisotopic (exact) mass is 557 g/mol. The Morgan fingerprint density at radius 3 is 2.74 bits per heavy atom. The molecule has 2 aromatic rings. The van der Waals surface area contributed by atoms with Crippen molar-refractivity contribution in [3.63, 3.8) is 0 Å². The standard InChI is InChI=1S/C28H33F2N5O3S/c1-39(37,38)33-23-8-10-34(18-23)11-12-35(27(36)32-22-5-6-25(29)26(30)15-22)24-7-9-28(16-21(28)14-24)20-4-2-3-19(13-20)17-31/h2-6,13,15,21,23-24,33H,7-12,14,16,18H2,1H3,(H,32,36)/t21?,23?,24-,28-/m1/s1. The third-order valence-corrected chi connectivity index (χ3v) is 9.22. The summed E-state index contributed by atoms with van der Waals surface area (Å²) in [5.74, 6) is -1.60. The minimum Gasteiger partial charge on any atom is -0.320 e. The Morgan fingerprint density at radius 2 is 2.03 bits per heavy atom. The number of benzene rings is 2. The van der Waals surface area contributed by atoms with Crippen molar-refractivity contribution < 1.29 is 22.0 Å². The Kier molecular flexibility index (Phi) is 7.64. The van der Waals surface area contributed by atoms with Gasteiger partial charge in [-0.15, -0.1) is 0 Å². The molecule has 0 bridgehead atoms. The van der Waals surface area contributed by atoms with E-state index in [4.69, 9.17) is 0 Å². The molecule has 8 nitrogen and oxygen atoms in total. The summed E-state index contributed by atoms with van der Waals surface area (Å²) in [5.41, 5.74) is 2.07. The first-order valence-corrected chi connectivity index (χ1v) is 15.2. The number of nitriles is 1. The third kappa shape index (κ3) is 6.24. The number of fused-ring (bicyclic) bond motifs is 1. The van der Waals surface area contributed by atoms with Crippen LogP contribution in [-0.2, 0) is 15.4 Å². The highest BCUT2D eigenvalue weighted by Gasteiger charge is 2.58. The lowest BCUT2D eigenvalue weighted by Gasteiger charge is -2.37. The summed E-state index contributed by atoms with van der Waals surface area (Å²) in [6, 6.07) is 12.8. The van der Waals surface area contributed by atoms with Crippen LogP contribution in [0.1, 0.15) is 43.2 Å². The second-order valence-electron chi connectivity index (χ2n) is 11.1. The molecule has 2 N–H and O–H groups in total. The van der Waals surface area contributed by atoms with Gasteiger partial charge >= 0.3 is 6.03 Å². The lowest BCUT2D eigenvalue weighted by molar-refractivity contribution is 0.149. The van der Waals surface area contributed by atoms with Crippen molar-refractivity contribution in [1.29, 1.82) is 5.26 Å². The minimum absolute atomic E-state index is 0.0254. The Hall–Kier alpha value is -3.07. The Labute approximate surface area is 228 Å². The van der Waals surface area contributed by atoms with Gasteiger partial charge in [-0.05, 0) is 79.8 Å². The SMILES string of the molecule is CS(=O)(=O)NC1CCN(CCN(C(=O)Nc2ccc(F)c(F)c2)[C@@H]2CC[C@]3(c4cccc(C#N)c4)CC3C2)C1. The summed E-state index contributed by atoms with van der Waals surface area (Å²) in [5, 5.41) is 12.1. The van der Waals surface area contributed by atoms with Crippen molar-refractivity contribution in [2.24, 2.45) is 5.92 Å². The molecule has 2 amide bonds. The number of rotatable bonds is 8. The molecule has 1 saturated heterocycles. The number of amides is 2. The van der Waals surface area contributed by atoms with Gasteiger partial charge in [0.2, 0.25) is 10.0 Å². The summed E-state index contributed by atoms with van der Waals surface area (Å²) >= 11 is 0. The molecule has 3 fully saturated rings. The van der Waals surface area contributed by atoms with E-state index in [2.05, 4.69) is 27.1 Å². The molecule has 208 valence electrons. The van der Waals surface area contributed by atoms with Crippen LogP contribution < -0.4 is 10.0 Å². The number of carbonyl (C=O) groups excluding carboxylic acids is 1. The summed E-state index contributed by atoms with van der Waals surface area (Å²) in [4.78, 5) is 17.4. The number of anilines is 1. The van der Waals surface area contributed by atoms with Gasteiger partial charge in [-0.25, -0.2) is 26.7 Å². The van der Waals surface area contributed by atoms with Gasteiger partial charge in [-0.1, -0.05) is 12.1 Å². The molecule has 0 aromatic heterocycles. The molecule has 1 aliphatic heterocycles. The molecule has 4 atom stereocenters. The van der Waals surface area contributed by atoms with Crippen molar-refractivity contribution in [3.8, 4) is 6.07 Å². The zero-order valence-electron chi connectivity index (χ0n) is 21.9. The molecule has 0 spiro atoms. The fourth-order valence-electron chi connectivity index (χ4n) is 6.45. The van der Waals surface area contributed by atoms with E-state index in [1.165, 1.54) is 11.6 Å². The molecule has 1 heterocycles. The van der Waals surface area contributed by atoms with E-state index < -0.39 is 21.7 Å². The minimum atomic E-state index is -3.30.